The highest BCUT2D eigenvalue weighted by molar-refractivity contribution is 5.02. The largest absolute Gasteiger partial charge is 0.0622 e. The Hall–Kier alpha value is 0. The Morgan fingerprint density at radius 2 is 1.57 bits per heavy atom. The Morgan fingerprint density at radius 3 is 2.14 bits per heavy atom. The second-order valence-electron chi connectivity index (χ2n) is 6.26. The van der Waals surface area contributed by atoms with E-state index in [2.05, 4.69) is 27.7 Å². The zero-order chi connectivity index (χ0) is 10.3. The first kappa shape index (κ1) is 10.5. The van der Waals surface area contributed by atoms with Crippen LogP contribution < -0.4 is 0 Å². The van der Waals surface area contributed by atoms with Crippen LogP contribution in [0.3, 0.4) is 0 Å². The molecule has 2 rings (SSSR count). The molecule has 0 aromatic heterocycles. The fraction of sp³-hybridized carbons (Fsp3) is 1.00. The maximum absolute atomic E-state index is 2.46. The molecule has 0 saturated heterocycles. The highest BCUT2D eigenvalue weighted by Crippen LogP contribution is 2.61. The molecule has 0 N–H and O–H groups in total. The topological polar surface area (TPSA) is 0 Å². The smallest absolute Gasteiger partial charge is 0.0220 e. The highest BCUT2D eigenvalue weighted by Gasteiger charge is 2.52. The predicted octanol–water partition coefficient (Wildman–Crippen LogP) is 4.49. The molecule has 0 heterocycles. The lowest BCUT2D eigenvalue weighted by Gasteiger charge is -2.43. The molecule has 0 aromatic carbocycles. The fourth-order valence-corrected chi connectivity index (χ4v) is 4.81. The van der Waals surface area contributed by atoms with Gasteiger partial charge in [0.05, 0.1) is 0 Å². The Kier molecular flexibility index (Phi) is 2.66. The van der Waals surface area contributed by atoms with Crippen molar-refractivity contribution in [2.24, 2.45) is 29.1 Å². The van der Waals surface area contributed by atoms with Crippen LogP contribution in [0.15, 0.2) is 0 Å². The first-order valence-corrected chi connectivity index (χ1v) is 6.59. The SMILES string of the molecule is CC(C)C1(C(C)C)CCC2CCCC21. The highest BCUT2D eigenvalue weighted by atomic mass is 14.6. The van der Waals surface area contributed by atoms with Crippen LogP contribution in [0.1, 0.15) is 59.8 Å². The molecule has 0 radical (unpaired) electrons. The van der Waals surface area contributed by atoms with E-state index in [0.717, 1.165) is 23.7 Å². The average Bonchev–Trinajstić information content (AvgIpc) is 2.60. The van der Waals surface area contributed by atoms with E-state index in [1.807, 2.05) is 0 Å². The van der Waals surface area contributed by atoms with E-state index < -0.39 is 0 Å². The molecule has 0 aliphatic heterocycles. The minimum absolute atomic E-state index is 0.696. The zero-order valence-corrected chi connectivity index (χ0v) is 10.3. The van der Waals surface area contributed by atoms with Crippen LogP contribution in [0.25, 0.3) is 0 Å². The molecule has 0 aromatic rings. The summed E-state index contributed by atoms with van der Waals surface area (Å²) in [7, 11) is 0. The summed E-state index contributed by atoms with van der Waals surface area (Å²) in [5, 5.41) is 0. The Balaban J connectivity index is 2.27. The lowest BCUT2D eigenvalue weighted by atomic mass is 9.62. The quantitative estimate of drug-likeness (QED) is 0.607. The van der Waals surface area contributed by atoms with E-state index in [4.69, 9.17) is 0 Å². The molecule has 0 nitrogen and oxygen atoms in total. The molecular formula is C14H26. The van der Waals surface area contributed by atoms with Gasteiger partial charge < -0.3 is 0 Å². The van der Waals surface area contributed by atoms with Crippen LogP contribution in [-0.4, -0.2) is 0 Å². The van der Waals surface area contributed by atoms with Gasteiger partial charge in [-0.2, -0.15) is 0 Å². The lowest BCUT2D eigenvalue weighted by molar-refractivity contribution is 0.0522. The molecule has 2 unspecified atom stereocenters. The van der Waals surface area contributed by atoms with Gasteiger partial charge in [-0.1, -0.05) is 40.5 Å². The summed E-state index contributed by atoms with van der Waals surface area (Å²) in [5.74, 6) is 3.94. The summed E-state index contributed by atoms with van der Waals surface area (Å²) in [4.78, 5) is 0. The molecule has 0 bridgehead atoms. The van der Waals surface area contributed by atoms with Gasteiger partial charge in [-0.15, -0.1) is 0 Å². The van der Waals surface area contributed by atoms with E-state index in [0.29, 0.717) is 5.41 Å². The van der Waals surface area contributed by atoms with Crippen LogP contribution in [0.2, 0.25) is 0 Å². The maximum Gasteiger partial charge on any atom is -0.0220 e. The number of rotatable bonds is 2. The van der Waals surface area contributed by atoms with Crippen LogP contribution >= 0.6 is 0 Å². The predicted molar refractivity (Wildman–Crippen MR) is 62.2 cm³/mol. The summed E-state index contributed by atoms with van der Waals surface area (Å²) in [6, 6.07) is 0. The normalized spacial score (nSPS) is 35.6. The summed E-state index contributed by atoms with van der Waals surface area (Å²) in [5.41, 5.74) is 0.696. The third kappa shape index (κ3) is 1.26. The van der Waals surface area contributed by atoms with Gasteiger partial charge in [0, 0.05) is 0 Å². The van der Waals surface area contributed by atoms with Crippen molar-refractivity contribution in [2.75, 3.05) is 0 Å². The maximum atomic E-state index is 2.46. The second kappa shape index (κ2) is 3.54. The minimum atomic E-state index is 0.696. The van der Waals surface area contributed by atoms with Crippen molar-refractivity contribution in [2.45, 2.75) is 59.8 Å². The number of hydrogen-bond acceptors (Lipinski definition) is 0. The van der Waals surface area contributed by atoms with Crippen LogP contribution in [0, 0.1) is 29.1 Å². The molecular weight excluding hydrogens is 168 g/mol. The molecule has 2 fully saturated rings. The van der Waals surface area contributed by atoms with Gasteiger partial charge in [-0.3, -0.25) is 0 Å². The van der Waals surface area contributed by atoms with Gasteiger partial charge in [0.15, 0.2) is 0 Å². The molecule has 0 amide bonds. The Morgan fingerprint density at radius 1 is 0.929 bits per heavy atom. The van der Waals surface area contributed by atoms with Gasteiger partial charge in [0.2, 0.25) is 0 Å². The van der Waals surface area contributed by atoms with Crippen LogP contribution in [0.5, 0.6) is 0 Å². The van der Waals surface area contributed by atoms with Crippen molar-refractivity contribution in [3.63, 3.8) is 0 Å². The standard InChI is InChI=1S/C14H26/c1-10(2)14(11(3)4)9-8-12-6-5-7-13(12)14/h10-13H,5-9H2,1-4H3. The Labute approximate surface area is 89.5 Å². The zero-order valence-electron chi connectivity index (χ0n) is 10.3. The molecule has 2 atom stereocenters. The monoisotopic (exact) mass is 194 g/mol. The fourth-order valence-electron chi connectivity index (χ4n) is 4.81. The third-order valence-corrected chi connectivity index (χ3v) is 5.45. The average molecular weight is 194 g/mol. The molecule has 14 heavy (non-hydrogen) atoms. The summed E-state index contributed by atoms with van der Waals surface area (Å²) >= 11 is 0. The van der Waals surface area contributed by atoms with E-state index in [9.17, 15) is 0 Å². The van der Waals surface area contributed by atoms with E-state index in [1.54, 1.807) is 0 Å². The van der Waals surface area contributed by atoms with Crippen molar-refractivity contribution in [3.05, 3.63) is 0 Å². The molecule has 0 heteroatoms. The summed E-state index contributed by atoms with van der Waals surface area (Å²) in [6.45, 7) is 9.84. The molecule has 82 valence electrons. The first-order chi connectivity index (χ1) is 6.59. The van der Waals surface area contributed by atoms with Gasteiger partial charge in [0.25, 0.3) is 0 Å². The van der Waals surface area contributed by atoms with Gasteiger partial charge in [-0.25, -0.2) is 0 Å². The molecule has 0 spiro atoms. The summed E-state index contributed by atoms with van der Waals surface area (Å²) < 4.78 is 0. The first-order valence-electron chi connectivity index (χ1n) is 6.59. The lowest BCUT2D eigenvalue weighted by Crippen LogP contribution is -2.37. The van der Waals surface area contributed by atoms with Crippen LogP contribution in [-0.2, 0) is 0 Å². The van der Waals surface area contributed by atoms with E-state index >= 15 is 0 Å². The van der Waals surface area contributed by atoms with Gasteiger partial charge in [-0.05, 0) is 48.3 Å². The summed E-state index contributed by atoms with van der Waals surface area (Å²) in [6.07, 6.45) is 7.61. The number of fused-ring (bicyclic) bond motifs is 1. The van der Waals surface area contributed by atoms with E-state index in [1.165, 1.54) is 32.1 Å². The van der Waals surface area contributed by atoms with Crippen molar-refractivity contribution in [1.29, 1.82) is 0 Å². The molecule has 2 aliphatic carbocycles. The second-order valence-corrected chi connectivity index (χ2v) is 6.26. The van der Waals surface area contributed by atoms with Crippen molar-refractivity contribution >= 4 is 0 Å². The molecule has 2 aliphatic rings. The number of hydrogen-bond donors (Lipinski definition) is 0. The van der Waals surface area contributed by atoms with Gasteiger partial charge >= 0.3 is 0 Å². The third-order valence-electron chi connectivity index (χ3n) is 5.45. The van der Waals surface area contributed by atoms with Crippen molar-refractivity contribution in [3.8, 4) is 0 Å². The van der Waals surface area contributed by atoms with Crippen molar-refractivity contribution < 1.29 is 0 Å². The Bertz CT molecular complexity index is 194. The van der Waals surface area contributed by atoms with Gasteiger partial charge in [0.1, 0.15) is 0 Å². The van der Waals surface area contributed by atoms with Crippen LogP contribution in [0.4, 0.5) is 0 Å². The van der Waals surface area contributed by atoms with Crippen molar-refractivity contribution in [1.82, 2.24) is 0 Å². The minimum Gasteiger partial charge on any atom is -0.0622 e. The van der Waals surface area contributed by atoms with E-state index in [-0.39, 0.29) is 0 Å². The molecule has 2 saturated carbocycles.